The van der Waals surface area contributed by atoms with Crippen molar-refractivity contribution >= 4 is 11.8 Å². The largest absolute Gasteiger partial charge is 0.374 e. The molecule has 94 valence electrons. The van der Waals surface area contributed by atoms with Crippen LogP contribution in [0.1, 0.15) is 40.0 Å². The minimum atomic E-state index is 0.221. The second-order valence-electron chi connectivity index (χ2n) is 6.47. The van der Waals surface area contributed by atoms with Crippen LogP contribution in [0, 0.1) is 5.41 Å². The van der Waals surface area contributed by atoms with Gasteiger partial charge in [-0.2, -0.15) is 11.8 Å². The van der Waals surface area contributed by atoms with Crippen molar-refractivity contribution in [2.24, 2.45) is 5.41 Å². The van der Waals surface area contributed by atoms with Crippen LogP contribution in [0.4, 0.5) is 0 Å². The van der Waals surface area contributed by atoms with E-state index < -0.39 is 0 Å². The van der Waals surface area contributed by atoms with Gasteiger partial charge in [0.25, 0.3) is 0 Å². The quantitative estimate of drug-likeness (QED) is 0.806. The summed E-state index contributed by atoms with van der Waals surface area (Å²) >= 11 is 2.05. The van der Waals surface area contributed by atoms with Gasteiger partial charge in [-0.3, -0.25) is 0 Å². The molecule has 2 fully saturated rings. The van der Waals surface area contributed by atoms with Crippen molar-refractivity contribution in [2.75, 3.05) is 24.7 Å². The third kappa shape index (κ3) is 3.38. The van der Waals surface area contributed by atoms with Crippen molar-refractivity contribution in [1.29, 1.82) is 0 Å². The lowest BCUT2D eigenvalue weighted by molar-refractivity contribution is -0.0707. The van der Waals surface area contributed by atoms with Gasteiger partial charge < -0.3 is 10.1 Å². The summed E-state index contributed by atoms with van der Waals surface area (Å²) < 4.78 is 6.03. The molecule has 1 spiro atoms. The Hall–Kier alpha value is 0.270. The zero-order valence-corrected chi connectivity index (χ0v) is 11.7. The van der Waals surface area contributed by atoms with E-state index >= 15 is 0 Å². The Morgan fingerprint density at radius 2 is 2.25 bits per heavy atom. The number of hydrogen-bond acceptors (Lipinski definition) is 3. The maximum atomic E-state index is 6.03. The van der Waals surface area contributed by atoms with E-state index in [1.807, 2.05) is 0 Å². The highest BCUT2D eigenvalue weighted by molar-refractivity contribution is 7.99. The van der Waals surface area contributed by atoms with Gasteiger partial charge in [0.1, 0.15) is 0 Å². The fourth-order valence-corrected chi connectivity index (χ4v) is 3.89. The average molecular weight is 243 g/mol. The van der Waals surface area contributed by atoms with Gasteiger partial charge in [0.2, 0.25) is 0 Å². The van der Waals surface area contributed by atoms with Crippen LogP contribution in [-0.2, 0) is 4.74 Å². The number of hydrogen-bond donors (Lipinski definition) is 1. The van der Waals surface area contributed by atoms with Crippen LogP contribution in [0.15, 0.2) is 0 Å². The molecule has 0 radical (unpaired) electrons. The molecule has 0 saturated carbocycles. The van der Waals surface area contributed by atoms with Crippen molar-refractivity contribution in [3.63, 3.8) is 0 Å². The van der Waals surface area contributed by atoms with E-state index in [4.69, 9.17) is 4.74 Å². The van der Waals surface area contributed by atoms with Crippen LogP contribution in [0.3, 0.4) is 0 Å². The molecule has 0 aromatic carbocycles. The Morgan fingerprint density at radius 3 is 2.88 bits per heavy atom. The first-order valence-corrected chi connectivity index (χ1v) is 7.60. The van der Waals surface area contributed by atoms with Crippen molar-refractivity contribution in [3.8, 4) is 0 Å². The molecule has 0 aromatic heterocycles. The average Bonchev–Trinajstić information content (AvgIpc) is 2.63. The van der Waals surface area contributed by atoms with Gasteiger partial charge in [-0.1, -0.05) is 20.8 Å². The highest BCUT2D eigenvalue weighted by atomic mass is 32.2. The van der Waals surface area contributed by atoms with Gasteiger partial charge >= 0.3 is 0 Å². The second kappa shape index (κ2) is 4.87. The molecule has 0 aromatic rings. The van der Waals surface area contributed by atoms with E-state index in [9.17, 15) is 0 Å². The Morgan fingerprint density at radius 1 is 1.44 bits per heavy atom. The van der Waals surface area contributed by atoms with E-state index in [-0.39, 0.29) is 5.60 Å². The molecule has 0 aliphatic carbocycles. The van der Waals surface area contributed by atoms with Crippen molar-refractivity contribution in [3.05, 3.63) is 0 Å². The zero-order chi connectivity index (χ0) is 11.6. The minimum Gasteiger partial charge on any atom is -0.374 e. The molecule has 0 amide bonds. The number of thioether (sulfide) groups is 1. The number of nitrogens with one attached hydrogen (secondary N) is 1. The molecule has 2 aliphatic heterocycles. The maximum Gasteiger partial charge on any atom is 0.0795 e. The van der Waals surface area contributed by atoms with Crippen LogP contribution < -0.4 is 5.32 Å². The van der Waals surface area contributed by atoms with Crippen LogP contribution >= 0.6 is 11.8 Å². The molecule has 0 bridgehead atoms. The molecule has 2 saturated heterocycles. The summed E-state index contributed by atoms with van der Waals surface area (Å²) in [5.74, 6) is 2.49. The molecule has 2 aliphatic rings. The van der Waals surface area contributed by atoms with Crippen molar-refractivity contribution in [1.82, 2.24) is 5.32 Å². The summed E-state index contributed by atoms with van der Waals surface area (Å²) in [7, 11) is 0. The summed E-state index contributed by atoms with van der Waals surface area (Å²) in [6, 6.07) is 0.673. The number of rotatable bonds is 2. The topological polar surface area (TPSA) is 21.3 Å². The van der Waals surface area contributed by atoms with Gasteiger partial charge in [0.15, 0.2) is 0 Å². The Labute approximate surface area is 104 Å². The predicted octanol–water partition coefficient (Wildman–Crippen LogP) is 2.68. The van der Waals surface area contributed by atoms with E-state index in [1.54, 1.807) is 0 Å². The lowest BCUT2D eigenvalue weighted by Gasteiger charge is -2.39. The SMILES string of the molecule is CC(C)(C)CNC1CCOC2(CCSC2)C1. The van der Waals surface area contributed by atoms with Crippen LogP contribution in [0.5, 0.6) is 0 Å². The van der Waals surface area contributed by atoms with Crippen molar-refractivity contribution < 1.29 is 4.74 Å². The summed E-state index contributed by atoms with van der Waals surface area (Å²) in [5.41, 5.74) is 0.606. The normalized spacial score (nSPS) is 35.8. The van der Waals surface area contributed by atoms with E-state index in [2.05, 4.69) is 37.8 Å². The molecule has 2 heterocycles. The highest BCUT2D eigenvalue weighted by Gasteiger charge is 2.40. The van der Waals surface area contributed by atoms with Gasteiger partial charge in [-0.15, -0.1) is 0 Å². The zero-order valence-electron chi connectivity index (χ0n) is 10.8. The van der Waals surface area contributed by atoms with Crippen molar-refractivity contribution in [2.45, 2.75) is 51.7 Å². The minimum absolute atomic E-state index is 0.221. The molecule has 1 N–H and O–H groups in total. The first kappa shape index (κ1) is 12.7. The van der Waals surface area contributed by atoms with Gasteiger partial charge in [-0.05, 0) is 30.4 Å². The van der Waals surface area contributed by atoms with Gasteiger partial charge in [0.05, 0.1) is 5.60 Å². The standard InChI is InChI=1S/C13H25NOS/c1-12(2,3)9-14-11-4-6-15-13(8-11)5-7-16-10-13/h11,14H,4-10H2,1-3H3. The first-order chi connectivity index (χ1) is 7.49. The summed E-state index contributed by atoms with van der Waals surface area (Å²) in [5, 5.41) is 3.72. The highest BCUT2D eigenvalue weighted by Crippen LogP contribution is 2.38. The van der Waals surface area contributed by atoms with Gasteiger partial charge in [-0.25, -0.2) is 0 Å². The fourth-order valence-electron chi connectivity index (χ4n) is 2.52. The summed E-state index contributed by atoms with van der Waals surface area (Å²) in [6.07, 6.45) is 3.66. The molecule has 2 atom stereocenters. The van der Waals surface area contributed by atoms with Crippen LogP contribution in [0.25, 0.3) is 0 Å². The van der Waals surface area contributed by atoms with E-state index in [0.29, 0.717) is 11.5 Å². The molecule has 2 unspecified atom stereocenters. The lowest BCUT2D eigenvalue weighted by atomic mass is 9.88. The third-order valence-electron chi connectivity index (χ3n) is 3.48. The molecule has 3 heteroatoms. The molecular weight excluding hydrogens is 218 g/mol. The molecule has 2 rings (SSSR count). The predicted molar refractivity (Wildman–Crippen MR) is 71.1 cm³/mol. The molecule has 16 heavy (non-hydrogen) atoms. The number of ether oxygens (including phenoxy) is 1. The summed E-state index contributed by atoms with van der Waals surface area (Å²) in [6.45, 7) is 8.94. The Kier molecular flexibility index (Phi) is 3.87. The van der Waals surface area contributed by atoms with E-state index in [0.717, 1.165) is 13.2 Å². The van der Waals surface area contributed by atoms with Gasteiger partial charge in [0, 0.05) is 24.9 Å². The molecule has 2 nitrogen and oxygen atoms in total. The fraction of sp³-hybridized carbons (Fsp3) is 1.00. The van der Waals surface area contributed by atoms with Crippen LogP contribution in [0.2, 0.25) is 0 Å². The summed E-state index contributed by atoms with van der Waals surface area (Å²) in [4.78, 5) is 0. The van der Waals surface area contributed by atoms with E-state index in [1.165, 1.54) is 30.8 Å². The first-order valence-electron chi connectivity index (χ1n) is 6.44. The third-order valence-corrected chi connectivity index (χ3v) is 4.70. The Bertz CT molecular complexity index is 231. The second-order valence-corrected chi connectivity index (χ2v) is 7.57. The maximum absolute atomic E-state index is 6.03. The lowest BCUT2D eigenvalue weighted by Crippen LogP contribution is -2.48. The Balaban J connectivity index is 1.82. The smallest absolute Gasteiger partial charge is 0.0795 e. The molecular formula is C13H25NOS. The monoisotopic (exact) mass is 243 g/mol. The van der Waals surface area contributed by atoms with Crippen LogP contribution in [-0.4, -0.2) is 36.3 Å².